The predicted molar refractivity (Wildman–Crippen MR) is 70.3 cm³/mol. The van der Waals surface area contributed by atoms with Crippen LogP contribution in [0.15, 0.2) is 11.6 Å². The molecule has 1 heterocycles. The van der Waals surface area contributed by atoms with E-state index < -0.39 is 5.41 Å². The number of carbonyl (C=O) groups is 2. The molecule has 2 amide bonds. The van der Waals surface area contributed by atoms with E-state index in [9.17, 15) is 9.59 Å². The van der Waals surface area contributed by atoms with E-state index in [0.717, 1.165) is 18.4 Å². The first-order valence-electron chi connectivity index (χ1n) is 5.79. The van der Waals surface area contributed by atoms with Gasteiger partial charge in [-0.15, -0.1) is 0 Å². The summed E-state index contributed by atoms with van der Waals surface area (Å²) in [4.78, 5) is 24.3. The van der Waals surface area contributed by atoms with E-state index in [-0.39, 0.29) is 16.9 Å². The number of unbranched alkanes of at least 4 members (excludes halogenated alkanes) is 1. The summed E-state index contributed by atoms with van der Waals surface area (Å²) in [6, 6.07) is 0. The zero-order valence-corrected chi connectivity index (χ0v) is 11.2. The molecule has 0 spiro atoms. The third-order valence-corrected chi connectivity index (χ3v) is 3.45. The number of hydrogen-bond donors (Lipinski definition) is 2. The van der Waals surface area contributed by atoms with E-state index in [1.54, 1.807) is 0 Å². The summed E-state index contributed by atoms with van der Waals surface area (Å²) in [7, 11) is 0. The van der Waals surface area contributed by atoms with Crippen LogP contribution in [0.5, 0.6) is 0 Å². The van der Waals surface area contributed by atoms with Crippen molar-refractivity contribution in [3.05, 3.63) is 11.6 Å². The lowest BCUT2D eigenvalue weighted by atomic mass is 9.73. The van der Waals surface area contributed by atoms with Crippen LogP contribution in [-0.4, -0.2) is 16.9 Å². The zero-order chi connectivity index (χ0) is 13.1. The van der Waals surface area contributed by atoms with Crippen LogP contribution in [0.25, 0.3) is 0 Å². The number of allylic oxidation sites excluding steroid dienone is 1. The van der Waals surface area contributed by atoms with E-state index in [1.807, 2.05) is 26.8 Å². The molecular formula is C12H18N2O2S. The highest BCUT2D eigenvalue weighted by molar-refractivity contribution is 7.80. The van der Waals surface area contributed by atoms with Crippen LogP contribution in [0.2, 0.25) is 0 Å². The summed E-state index contributed by atoms with van der Waals surface area (Å²) < 4.78 is 0. The van der Waals surface area contributed by atoms with Gasteiger partial charge in [0.2, 0.25) is 11.8 Å². The van der Waals surface area contributed by atoms with Gasteiger partial charge in [0.25, 0.3) is 0 Å². The molecule has 1 fully saturated rings. The Morgan fingerprint density at radius 2 is 1.88 bits per heavy atom. The molecule has 0 radical (unpaired) electrons. The van der Waals surface area contributed by atoms with Crippen molar-refractivity contribution in [1.29, 1.82) is 0 Å². The van der Waals surface area contributed by atoms with Crippen LogP contribution in [-0.2, 0) is 9.59 Å². The highest BCUT2D eigenvalue weighted by Crippen LogP contribution is 2.35. The fourth-order valence-electron chi connectivity index (χ4n) is 2.02. The van der Waals surface area contributed by atoms with Crippen molar-refractivity contribution in [2.75, 3.05) is 0 Å². The fraction of sp³-hybridized carbons (Fsp3) is 0.583. The standard InChI is InChI=1S/C12H18N2O2S/c1-4-6-7-12(8(3)5-2)9(15)13-11(17)14-10(12)16/h5H,4,6-7H2,1-3H3,(H2,13,14,15,16,17)/b8-5+. The average Bonchev–Trinajstić information content (AvgIpc) is 2.27. The van der Waals surface area contributed by atoms with Crippen molar-refractivity contribution < 1.29 is 9.59 Å². The van der Waals surface area contributed by atoms with Gasteiger partial charge >= 0.3 is 0 Å². The zero-order valence-electron chi connectivity index (χ0n) is 10.4. The van der Waals surface area contributed by atoms with Crippen molar-refractivity contribution in [2.45, 2.75) is 40.0 Å². The maximum absolute atomic E-state index is 12.1. The molecule has 5 heteroatoms. The second-order valence-corrected chi connectivity index (χ2v) is 4.63. The summed E-state index contributed by atoms with van der Waals surface area (Å²) in [6.07, 6.45) is 4.08. The lowest BCUT2D eigenvalue weighted by molar-refractivity contribution is -0.141. The van der Waals surface area contributed by atoms with Gasteiger partial charge in [-0.3, -0.25) is 9.59 Å². The lowest BCUT2D eigenvalue weighted by Crippen LogP contribution is -2.62. The number of nitrogens with one attached hydrogen (secondary N) is 2. The Labute approximate surface area is 107 Å². The van der Waals surface area contributed by atoms with E-state index in [2.05, 4.69) is 10.6 Å². The van der Waals surface area contributed by atoms with Crippen LogP contribution in [0.1, 0.15) is 40.0 Å². The normalized spacial score (nSPS) is 19.9. The number of carbonyl (C=O) groups excluding carboxylic acids is 2. The maximum Gasteiger partial charge on any atom is 0.245 e. The molecule has 0 bridgehead atoms. The van der Waals surface area contributed by atoms with Crippen LogP contribution in [0, 0.1) is 5.41 Å². The minimum absolute atomic E-state index is 0.0935. The monoisotopic (exact) mass is 254 g/mol. The van der Waals surface area contributed by atoms with Gasteiger partial charge in [-0.25, -0.2) is 0 Å². The van der Waals surface area contributed by atoms with Crippen molar-refractivity contribution in [1.82, 2.24) is 10.6 Å². The molecule has 0 aliphatic carbocycles. The van der Waals surface area contributed by atoms with Crippen molar-refractivity contribution in [2.24, 2.45) is 5.41 Å². The molecule has 0 saturated carbocycles. The fourth-order valence-corrected chi connectivity index (χ4v) is 2.21. The molecule has 0 unspecified atom stereocenters. The van der Waals surface area contributed by atoms with Crippen LogP contribution >= 0.6 is 12.2 Å². The Bertz CT molecular complexity index is 368. The average molecular weight is 254 g/mol. The molecular weight excluding hydrogens is 236 g/mol. The summed E-state index contributed by atoms with van der Waals surface area (Å²) in [5.41, 5.74) is -0.323. The van der Waals surface area contributed by atoms with Gasteiger partial charge in [0.15, 0.2) is 5.11 Å². The summed E-state index contributed by atoms with van der Waals surface area (Å²) >= 11 is 4.81. The molecule has 0 aromatic heterocycles. The van der Waals surface area contributed by atoms with Crippen LogP contribution < -0.4 is 10.6 Å². The summed E-state index contributed by atoms with van der Waals surface area (Å²) in [6.45, 7) is 5.67. The quantitative estimate of drug-likeness (QED) is 0.456. The molecule has 4 nitrogen and oxygen atoms in total. The van der Waals surface area contributed by atoms with Crippen molar-refractivity contribution >= 4 is 29.1 Å². The van der Waals surface area contributed by atoms with E-state index in [1.165, 1.54) is 0 Å². The molecule has 17 heavy (non-hydrogen) atoms. The van der Waals surface area contributed by atoms with Crippen LogP contribution in [0.4, 0.5) is 0 Å². The van der Waals surface area contributed by atoms with Gasteiger partial charge in [-0.2, -0.15) is 0 Å². The largest absolute Gasteiger partial charge is 0.302 e. The Balaban J connectivity index is 3.16. The Morgan fingerprint density at radius 1 is 1.35 bits per heavy atom. The van der Waals surface area contributed by atoms with Gasteiger partial charge in [0.05, 0.1) is 0 Å². The van der Waals surface area contributed by atoms with Gasteiger partial charge in [-0.05, 0) is 32.5 Å². The highest BCUT2D eigenvalue weighted by Gasteiger charge is 2.49. The maximum atomic E-state index is 12.1. The molecule has 2 N–H and O–H groups in total. The third kappa shape index (κ3) is 2.39. The molecule has 1 aliphatic heterocycles. The number of rotatable bonds is 4. The Morgan fingerprint density at radius 3 is 2.29 bits per heavy atom. The van der Waals surface area contributed by atoms with Crippen LogP contribution in [0.3, 0.4) is 0 Å². The Kier molecular flexibility index (Phi) is 4.40. The van der Waals surface area contributed by atoms with Crippen molar-refractivity contribution in [3.63, 3.8) is 0 Å². The molecule has 0 aromatic rings. The SMILES string of the molecule is C/C=C(\C)C1(CCCC)C(=O)NC(=S)NC1=O. The predicted octanol–water partition coefficient (Wildman–Crippen LogP) is 1.66. The molecule has 0 aromatic carbocycles. The first-order valence-corrected chi connectivity index (χ1v) is 6.20. The molecule has 1 rings (SSSR count). The number of amides is 2. The molecule has 1 saturated heterocycles. The smallest absolute Gasteiger partial charge is 0.245 e. The summed E-state index contributed by atoms with van der Waals surface area (Å²) in [5, 5.41) is 5.18. The first-order chi connectivity index (χ1) is 7.98. The number of thiocarbonyl (C=S) groups is 1. The highest BCUT2D eigenvalue weighted by atomic mass is 32.1. The first kappa shape index (κ1) is 13.8. The topological polar surface area (TPSA) is 58.2 Å². The van der Waals surface area contributed by atoms with Gasteiger partial charge in [0.1, 0.15) is 5.41 Å². The second-order valence-electron chi connectivity index (χ2n) is 4.22. The lowest BCUT2D eigenvalue weighted by Gasteiger charge is -2.35. The van der Waals surface area contributed by atoms with E-state index >= 15 is 0 Å². The number of hydrogen-bond acceptors (Lipinski definition) is 3. The van der Waals surface area contributed by atoms with Crippen molar-refractivity contribution in [3.8, 4) is 0 Å². The minimum atomic E-state index is -1.09. The second kappa shape index (κ2) is 5.40. The molecule has 0 atom stereocenters. The Hall–Kier alpha value is -1.23. The van der Waals surface area contributed by atoms with Gasteiger partial charge in [-0.1, -0.05) is 31.4 Å². The van der Waals surface area contributed by atoms with Gasteiger partial charge < -0.3 is 10.6 Å². The summed E-state index contributed by atoms with van der Waals surface area (Å²) in [5.74, 6) is -0.620. The minimum Gasteiger partial charge on any atom is -0.302 e. The molecule has 1 aliphatic rings. The van der Waals surface area contributed by atoms with Gasteiger partial charge in [0, 0.05) is 0 Å². The van der Waals surface area contributed by atoms with E-state index in [4.69, 9.17) is 12.2 Å². The third-order valence-electron chi connectivity index (χ3n) is 3.24. The molecule has 94 valence electrons. The van der Waals surface area contributed by atoms with E-state index in [0.29, 0.717) is 6.42 Å².